The van der Waals surface area contributed by atoms with E-state index < -0.39 is 0 Å². The zero-order valence-electron chi connectivity index (χ0n) is 9.48. The third-order valence-electron chi connectivity index (χ3n) is 2.31. The van der Waals surface area contributed by atoms with Crippen LogP contribution in [0.2, 0.25) is 0 Å². The lowest BCUT2D eigenvalue weighted by Gasteiger charge is -2.07. The molecular formula is C12H16N2O2. The molecule has 86 valence electrons. The van der Waals surface area contributed by atoms with Crippen molar-refractivity contribution in [2.75, 3.05) is 0 Å². The van der Waals surface area contributed by atoms with Gasteiger partial charge < -0.3 is 4.57 Å². The second-order valence-electron chi connectivity index (χ2n) is 3.59. The Bertz CT molecular complexity index is 491. The molecule has 0 radical (unpaired) electrons. The van der Waals surface area contributed by atoms with E-state index in [-0.39, 0.29) is 11.2 Å². The Balaban J connectivity index is 2.98. The predicted molar refractivity (Wildman–Crippen MR) is 63.3 cm³/mol. The monoisotopic (exact) mass is 220 g/mol. The van der Waals surface area contributed by atoms with Crippen LogP contribution in [-0.4, -0.2) is 9.13 Å². The van der Waals surface area contributed by atoms with Gasteiger partial charge in [-0.25, -0.2) is 4.79 Å². The summed E-state index contributed by atoms with van der Waals surface area (Å²) in [6.07, 6.45) is 8.77. The molecule has 0 saturated heterocycles. The van der Waals surface area contributed by atoms with Gasteiger partial charge >= 0.3 is 5.69 Å². The van der Waals surface area contributed by atoms with Crippen molar-refractivity contribution in [1.29, 1.82) is 0 Å². The maximum atomic E-state index is 11.8. The zero-order chi connectivity index (χ0) is 12.0. The molecule has 1 aromatic rings. The summed E-state index contributed by atoms with van der Waals surface area (Å²) >= 11 is 0. The van der Waals surface area contributed by atoms with Crippen molar-refractivity contribution >= 4 is 0 Å². The molecule has 1 heterocycles. The van der Waals surface area contributed by atoms with Crippen LogP contribution >= 0.6 is 0 Å². The summed E-state index contributed by atoms with van der Waals surface area (Å²) in [6, 6.07) is 1.42. The van der Waals surface area contributed by atoms with Gasteiger partial charge in [-0.3, -0.25) is 9.36 Å². The first-order chi connectivity index (χ1) is 7.70. The Hall–Kier alpha value is -1.76. The molecule has 0 unspecified atom stereocenters. The molecule has 0 atom stereocenters. The van der Waals surface area contributed by atoms with Gasteiger partial charge in [0.15, 0.2) is 0 Å². The molecule has 1 aromatic heterocycles. The number of hydrogen-bond donors (Lipinski definition) is 0. The molecule has 1 rings (SSSR count). The minimum Gasteiger partial charge on any atom is -0.300 e. The lowest BCUT2D eigenvalue weighted by molar-refractivity contribution is 0.533. The maximum absolute atomic E-state index is 11.8. The summed E-state index contributed by atoms with van der Waals surface area (Å²) in [5, 5.41) is 0. The molecule has 0 aliphatic rings. The van der Waals surface area contributed by atoms with E-state index in [4.69, 9.17) is 6.42 Å². The van der Waals surface area contributed by atoms with E-state index in [0.717, 1.165) is 6.42 Å². The summed E-state index contributed by atoms with van der Waals surface area (Å²) in [4.78, 5) is 23.3. The molecular weight excluding hydrogens is 204 g/mol. The molecule has 0 bridgehead atoms. The second kappa shape index (κ2) is 5.96. The van der Waals surface area contributed by atoms with Crippen LogP contribution in [0.5, 0.6) is 0 Å². The quantitative estimate of drug-likeness (QED) is 0.545. The number of hydrogen-bond acceptors (Lipinski definition) is 2. The Labute approximate surface area is 94.5 Å². The van der Waals surface area contributed by atoms with Crippen molar-refractivity contribution in [2.24, 2.45) is 0 Å². The second-order valence-corrected chi connectivity index (χ2v) is 3.59. The van der Waals surface area contributed by atoms with Crippen LogP contribution < -0.4 is 11.2 Å². The summed E-state index contributed by atoms with van der Waals surface area (Å²) in [5.74, 6) is 2.49. The van der Waals surface area contributed by atoms with Crippen molar-refractivity contribution in [3.8, 4) is 12.3 Å². The van der Waals surface area contributed by atoms with Crippen molar-refractivity contribution in [3.63, 3.8) is 0 Å². The van der Waals surface area contributed by atoms with Crippen LogP contribution in [0.4, 0.5) is 0 Å². The number of aromatic nitrogens is 2. The van der Waals surface area contributed by atoms with Gasteiger partial charge in [0.2, 0.25) is 0 Å². The summed E-state index contributed by atoms with van der Waals surface area (Å²) in [7, 11) is 0. The van der Waals surface area contributed by atoms with E-state index in [1.165, 1.54) is 10.6 Å². The van der Waals surface area contributed by atoms with E-state index in [0.29, 0.717) is 25.9 Å². The fourth-order valence-corrected chi connectivity index (χ4v) is 1.51. The molecule has 0 aliphatic carbocycles. The standard InChI is InChI=1S/C12H16N2O2/c1-3-5-6-9-14-11(15)7-10-13(8-4-2)12(14)16/h1,7,10H,4-6,8-9H2,2H3. The number of nitrogens with zero attached hydrogens (tertiary/aromatic N) is 2. The van der Waals surface area contributed by atoms with Crippen molar-refractivity contribution in [1.82, 2.24) is 9.13 Å². The molecule has 0 spiro atoms. The Morgan fingerprint density at radius 3 is 2.75 bits per heavy atom. The fourth-order valence-electron chi connectivity index (χ4n) is 1.51. The molecule has 0 aliphatic heterocycles. The smallest absolute Gasteiger partial charge is 0.300 e. The third-order valence-corrected chi connectivity index (χ3v) is 2.31. The van der Waals surface area contributed by atoms with Gasteiger partial charge in [0.25, 0.3) is 5.56 Å². The van der Waals surface area contributed by atoms with Gasteiger partial charge in [-0.1, -0.05) is 6.92 Å². The normalized spacial score (nSPS) is 10.0. The van der Waals surface area contributed by atoms with Crippen LogP contribution in [0.1, 0.15) is 26.2 Å². The molecule has 0 saturated carbocycles. The largest absolute Gasteiger partial charge is 0.330 e. The molecule has 0 fully saturated rings. The van der Waals surface area contributed by atoms with E-state index in [1.54, 1.807) is 10.8 Å². The average Bonchev–Trinajstić information content (AvgIpc) is 2.27. The van der Waals surface area contributed by atoms with Crippen LogP contribution in [-0.2, 0) is 13.1 Å². The van der Waals surface area contributed by atoms with E-state index >= 15 is 0 Å². The van der Waals surface area contributed by atoms with Crippen molar-refractivity contribution < 1.29 is 0 Å². The molecule has 0 aromatic carbocycles. The summed E-state index contributed by atoms with van der Waals surface area (Å²) < 4.78 is 2.80. The Morgan fingerprint density at radius 2 is 2.12 bits per heavy atom. The van der Waals surface area contributed by atoms with E-state index in [9.17, 15) is 9.59 Å². The predicted octanol–water partition coefficient (Wildman–Crippen LogP) is 0.833. The number of aryl methyl sites for hydroxylation is 1. The van der Waals surface area contributed by atoms with E-state index in [2.05, 4.69) is 5.92 Å². The third kappa shape index (κ3) is 2.86. The molecule has 0 N–H and O–H groups in total. The van der Waals surface area contributed by atoms with Gasteiger partial charge in [-0.05, 0) is 12.8 Å². The topological polar surface area (TPSA) is 44.0 Å². The minimum atomic E-state index is -0.255. The molecule has 4 nitrogen and oxygen atoms in total. The average molecular weight is 220 g/mol. The molecule has 4 heteroatoms. The highest BCUT2D eigenvalue weighted by atomic mass is 16.2. The molecule has 16 heavy (non-hydrogen) atoms. The van der Waals surface area contributed by atoms with Crippen molar-refractivity contribution in [3.05, 3.63) is 33.1 Å². The Kier molecular flexibility index (Phi) is 4.59. The van der Waals surface area contributed by atoms with Crippen LogP contribution in [0, 0.1) is 12.3 Å². The lowest BCUT2D eigenvalue weighted by atomic mass is 10.3. The maximum Gasteiger partial charge on any atom is 0.330 e. The van der Waals surface area contributed by atoms with Crippen LogP contribution in [0.25, 0.3) is 0 Å². The van der Waals surface area contributed by atoms with Crippen molar-refractivity contribution in [2.45, 2.75) is 39.3 Å². The highest BCUT2D eigenvalue weighted by Gasteiger charge is 2.03. The summed E-state index contributed by atoms with van der Waals surface area (Å²) in [5.41, 5.74) is -0.499. The SMILES string of the molecule is C#CCCCn1c(=O)ccn(CCC)c1=O. The molecule has 0 amide bonds. The van der Waals surface area contributed by atoms with Gasteiger partial charge in [-0.2, -0.15) is 0 Å². The number of rotatable bonds is 5. The lowest BCUT2D eigenvalue weighted by Crippen LogP contribution is -2.38. The Morgan fingerprint density at radius 1 is 1.38 bits per heavy atom. The van der Waals surface area contributed by atoms with Gasteiger partial charge in [0.1, 0.15) is 0 Å². The number of terminal acetylenes is 1. The van der Waals surface area contributed by atoms with E-state index in [1.807, 2.05) is 6.92 Å². The minimum absolute atomic E-state index is 0.244. The number of unbranched alkanes of at least 4 members (excludes halogenated alkanes) is 1. The fraction of sp³-hybridized carbons (Fsp3) is 0.500. The van der Waals surface area contributed by atoms with Gasteiger partial charge in [0.05, 0.1) is 0 Å². The summed E-state index contributed by atoms with van der Waals surface area (Å²) in [6.45, 7) is 3.01. The van der Waals surface area contributed by atoms with Crippen LogP contribution in [0.15, 0.2) is 21.9 Å². The highest BCUT2D eigenvalue weighted by molar-refractivity contribution is 4.87. The van der Waals surface area contributed by atoms with Gasteiger partial charge in [-0.15, -0.1) is 12.3 Å². The highest BCUT2D eigenvalue weighted by Crippen LogP contribution is 1.89. The zero-order valence-corrected chi connectivity index (χ0v) is 9.48. The first-order valence-electron chi connectivity index (χ1n) is 5.44. The first-order valence-corrected chi connectivity index (χ1v) is 5.44. The van der Waals surface area contributed by atoms with Gasteiger partial charge in [0, 0.05) is 31.8 Å². The first kappa shape index (κ1) is 12.3. The van der Waals surface area contributed by atoms with Crippen LogP contribution in [0.3, 0.4) is 0 Å².